The van der Waals surface area contributed by atoms with Gasteiger partial charge >= 0.3 is 7.12 Å². The number of alkyl halides is 2. The highest BCUT2D eigenvalue weighted by atomic mass is 19.3. The molecule has 0 amide bonds. The first kappa shape index (κ1) is 22.9. The summed E-state index contributed by atoms with van der Waals surface area (Å²) >= 11 is 0. The Kier molecular flexibility index (Phi) is 5.25. The Bertz CT molecular complexity index is 1050. The van der Waals surface area contributed by atoms with Crippen LogP contribution in [0.1, 0.15) is 38.8 Å². The van der Waals surface area contributed by atoms with Gasteiger partial charge in [-0.1, -0.05) is 6.07 Å². The second kappa shape index (κ2) is 7.35. The van der Waals surface area contributed by atoms with Crippen molar-refractivity contribution in [2.24, 2.45) is 0 Å². The molecule has 0 bridgehead atoms. The summed E-state index contributed by atoms with van der Waals surface area (Å²) < 4.78 is 67.0. The first-order valence-corrected chi connectivity index (χ1v) is 10.4. The molecule has 0 atom stereocenters. The fourth-order valence-corrected chi connectivity index (χ4v) is 3.77. The average molecular weight is 451 g/mol. The number of rotatable bonds is 4. The monoisotopic (exact) mass is 451 g/mol. The van der Waals surface area contributed by atoms with Gasteiger partial charge in [-0.05, 0) is 59.2 Å². The third-order valence-corrected chi connectivity index (χ3v) is 6.46. The molecule has 2 aliphatic heterocycles. The smallest absolute Gasteiger partial charge is 0.399 e. The molecule has 32 heavy (non-hydrogen) atoms. The van der Waals surface area contributed by atoms with Gasteiger partial charge in [-0.25, -0.2) is 22.5 Å². The van der Waals surface area contributed by atoms with Crippen molar-refractivity contribution >= 4 is 29.9 Å². The van der Waals surface area contributed by atoms with Crippen LogP contribution in [-0.4, -0.2) is 42.3 Å². The molecule has 4 rings (SSSR count). The fourth-order valence-electron chi connectivity index (χ4n) is 3.77. The molecule has 172 valence electrons. The SMILES string of the molecule is Cc1cc(B2OC(C)(C)C(C)(C)O2)c(Nc2ccc(F)c(F)c2C)nc1N1CC(F)(F)C1. The molecule has 3 heterocycles. The highest BCUT2D eigenvalue weighted by Gasteiger charge is 2.53. The maximum absolute atomic E-state index is 14.1. The van der Waals surface area contributed by atoms with Crippen LogP contribution in [0.15, 0.2) is 18.2 Å². The van der Waals surface area contributed by atoms with Crippen LogP contribution < -0.4 is 15.7 Å². The Morgan fingerprint density at radius 1 is 1.03 bits per heavy atom. The Hall–Kier alpha value is -2.33. The van der Waals surface area contributed by atoms with Crippen molar-refractivity contribution in [2.45, 2.75) is 58.7 Å². The summed E-state index contributed by atoms with van der Waals surface area (Å²) in [5.41, 5.74) is 0.374. The lowest BCUT2D eigenvalue weighted by Gasteiger charge is -2.40. The molecule has 0 spiro atoms. The van der Waals surface area contributed by atoms with Crippen LogP contribution in [0, 0.1) is 25.5 Å². The highest BCUT2D eigenvalue weighted by Crippen LogP contribution is 2.38. The summed E-state index contributed by atoms with van der Waals surface area (Å²) in [6, 6.07) is 4.20. The van der Waals surface area contributed by atoms with Crippen molar-refractivity contribution in [3.8, 4) is 0 Å². The minimum absolute atomic E-state index is 0.0734. The number of hydrogen-bond donors (Lipinski definition) is 1. The lowest BCUT2D eigenvalue weighted by molar-refractivity contribution is -0.0267. The second-order valence-electron chi connectivity index (χ2n) is 9.53. The van der Waals surface area contributed by atoms with Gasteiger partial charge in [0.1, 0.15) is 11.6 Å². The van der Waals surface area contributed by atoms with Crippen LogP contribution in [0.25, 0.3) is 0 Å². The summed E-state index contributed by atoms with van der Waals surface area (Å²) in [5, 5.41) is 3.04. The van der Waals surface area contributed by atoms with E-state index in [9.17, 15) is 17.6 Å². The van der Waals surface area contributed by atoms with Gasteiger partial charge in [0.05, 0.1) is 24.3 Å². The van der Waals surface area contributed by atoms with Gasteiger partial charge in [0.25, 0.3) is 5.92 Å². The predicted octanol–water partition coefficient (Wildman–Crippen LogP) is 4.47. The van der Waals surface area contributed by atoms with Crippen LogP contribution in [0.4, 0.5) is 34.9 Å². The Morgan fingerprint density at radius 2 is 1.62 bits per heavy atom. The van der Waals surface area contributed by atoms with E-state index in [1.807, 2.05) is 27.7 Å². The number of nitrogens with one attached hydrogen (secondary N) is 1. The summed E-state index contributed by atoms with van der Waals surface area (Å²) in [5.74, 6) is -4.03. The number of hydrogen-bond acceptors (Lipinski definition) is 5. The summed E-state index contributed by atoms with van der Waals surface area (Å²) in [6.45, 7) is 10.0. The van der Waals surface area contributed by atoms with Gasteiger partial charge in [-0.15, -0.1) is 0 Å². The average Bonchev–Trinajstić information content (AvgIpc) is 2.88. The number of aryl methyl sites for hydroxylation is 1. The van der Waals surface area contributed by atoms with Crippen LogP contribution >= 0.6 is 0 Å². The molecular formula is C22H26BF4N3O2. The molecule has 1 aromatic heterocycles. The van der Waals surface area contributed by atoms with Gasteiger partial charge in [-0.3, -0.25) is 0 Å². The maximum atomic E-state index is 14.1. The molecule has 0 saturated carbocycles. The number of aromatic nitrogens is 1. The largest absolute Gasteiger partial charge is 0.498 e. The molecule has 0 aliphatic carbocycles. The third-order valence-electron chi connectivity index (χ3n) is 6.46. The van der Waals surface area contributed by atoms with Crippen molar-refractivity contribution < 1.29 is 26.9 Å². The maximum Gasteiger partial charge on any atom is 0.498 e. The number of pyridine rings is 1. The predicted molar refractivity (Wildman–Crippen MR) is 116 cm³/mol. The van der Waals surface area contributed by atoms with Gasteiger partial charge in [0, 0.05) is 16.7 Å². The number of benzene rings is 1. The molecule has 2 aliphatic rings. The number of nitrogens with zero attached hydrogens (tertiary/aromatic N) is 2. The zero-order valence-electron chi connectivity index (χ0n) is 18.9. The lowest BCUT2D eigenvalue weighted by atomic mass is 9.78. The van der Waals surface area contributed by atoms with Crippen molar-refractivity contribution in [1.82, 2.24) is 4.98 Å². The molecule has 5 nitrogen and oxygen atoms in total. The summed E-state index contributed by atoms with van der Waals surface area (Å²) in [6.07, 6.45) is 0. The van der Waals surface area contributed by atoms with Gasteiger partial charge in [0.2, 0.25) is 0 Å². The van der Waals surface area contributed by atoms with Crippen LogP contribution in [0.2, 0.25) is 0 Å². The molecule has 0 radical (unpaired) electrons. The lowest BCUT2D eigenvalue weighted by Crippen LogP contribution is -2.57. The third kappa shape index (κ3) is 3.83. The van der Waals surface area contributed by atoms with E-state index in [0.29, 0.717) is 22.5 Å². The molecule has 2 aromatic rings. The van der Waals surface area contributed by atoms with Crippen molar-refractivity contribution in [3.63, 3.8) is 0 Å². The van der Waals surface area contributed by atoms with E-state index in [0.717, 1.165) is 6.07 Å². The quantitative estimate of drug-likeness (QED) is 0.549. The topological polar surface area (TPSA) is 46.6 Å². The molecule has 0 unspecified atom stereocenters. The molecule has 1 aromatic carbocycles. The van der Waals surface area contributed by atoms with Crippen LogP contribution in [-0.2, 0) is 9.31 Å². The van der Waals surface area contributed by atoms with Crippen molar-refractivity contribution in [1.29, 1.82) is 0 Å². The first-order valence-electron chi connectivity index (χ1n) is 10.4. The highest BCUT2D eigenvalue weighted by molar-refractivity contribution is 6.63. The van der Waals surface area contributed by atoms with Gasteiger partial charge in [0.15, 0.2) is 11.6 Å². The molecule has 2 saturated heterocycles. The zero-order chi connectivity index (χ0) is 23.6. The fraction of sp³-hybridized carbons (Fsp3) is 0.500. The van der Waals surface area contributed by atoms with Gasteiger partial charge < -0.3 is 19.5 Å². The Balaban J connectivity index is 1.77. The standard InChI is InChI=1S/C22H26BF4N3O2/c1-12-9-14(23-31-20(3,4)21(5,6)32-23)18(29-19(12)30-10-22(26,27)11-30)28-16-8-7-15(24)17(25)13(16)2/h7-9H,10-11H2,1-6H3,(H,28,29). The van der Waals surface area contributed by atoms with E-state index in [1.165, 1.54) is 17.9 Å². The normalized spacial score (nSPS) is 20.9. The van der Waals surface area contributed by atoms with E-state index in [-0.39, 0.29) is 11.4 Å². The minimum atomic E-state index is -2.76. The zero-order valence-corrected chi connectivity index (χ0v) is 18.9. The number of halogens is 4. The minimum Gasteiger partial charge on any atom is -0.399 e. The Morgan fingerprint density at radius 3 is 2.19 bits per heavy atom. The first-order chi connectivity index (χ1) is 14.7. The van der Waals surface area contributed by atoms with Crippen molar-refractivity contribution in [3.05, 3.63) is 41.0 Å². The molecule has 10 heteroatoms. The van der Waals surface area contributed by atoms with E-state index in [4.69, 9.17) is 9.31 Å². The second-order valence-corrected chi connectivity index (χ2v) is 9.53. The Labute approximate surface area is 185 Å². The number of anilines is 3. The molecule has 2 fully saturated rings. The van der Waals surface area contributed by atoms with E-state index >= 15 is 0 Å². The van der Waals surface area contributed by atoms with E-state index in [1.54, 1.807) is 13.0 Å². The molecular weight excluding hydrogens is 425 g/mol. The summed E-state index contributed by atoms with van der Waals surface area (Å²) in [7, 11) is -0.786. The van der Waals surface area contributed by atoms with Crippen LogP contribution in [0.3, 0.4) is 0 Å². The van der Waals surface area contributed by atoms with Gasteiger partial charge in [-0.2, -0.15) is 0 Å². The van der Waals surface area contributed by atoms with Crippen LogP contribution in [0.5, 0.6) is 0 Å². The summed E-state index contributed by atoms with van der Waals surface area (Å²) in [4.78, 5) is 6.07. The van der Waals surface area contributed by atoms with E-state index < -0.39 is 49.0 Å². The van der Waals surface area contributed by atoms with E-state index in [2.05, 4.69) is 10.3 Å². The molecule has 1 N–H and O–H groups in total. The van der Waals surface area contributed by atoms with Crippen molar-refractivity contribution in [2.75, 3.05) is 23.3 Å².